The van der Waals surface area contributed by atoms with Gasteiger partial charge in [-0.05, 0) is 92.7 Å². The van der Waals surface area contributed by atoms with Crippen LogP contribution >= 0.6 is 10.7 Å². The van der Waals surface area contributed by atoms with Gasteiger partial charge in [0.1, 0.15) is 0 Å². The smallest absolute Gasteiger partial charge is 0.254 e. The number of piperidine rings is 1. The average Bonchev–Trinajstić information content (AvgIpc) is 3.54. The maximum absolute atomic E-state index is 12.6. The predicted octanol–water partition coefficient (Wildman–Crippen LogP) is 6.58. The van der Waals surface area contributed by atoms with Crippen LogP contribution in [0.1, 0.15) is 41.6 Å². The Morgan fingerprint density at radius 1 is 0.784 bits per heavy atom. The zero-order valence-corrected chi connectivity index (χ0v) is 22.2. The number of carbonyl (C=O) groups excluding carboxylic acids is 1. The molecule has 3 aliphatic rings. The quantitative estimate of drug-likeness (QED) is 0.253. The van der Waals surface area contributed by atoms with Gasteiger partial charge in [-0.2, -0.15) is 0 Å². The molecule has 0 radical (unpaired) electrons. The SMILES string of the molecule is O=C1c2ccccc2CN1CCCCN1CCC(C2=CC=S(c3ccccc3)N2c2ccccc2)CC1. The lowest BCUT2D eigenvalue weighted by Gasteiger charge is -2.37. The van der Waals surface area contributed by atoms with Crippen molar-refractivity contribution >= 4 is 27.6 Å². The molecule has 3 aliphatic heterocycles. The highest BCUT2D eigenvalue weighted by atomic mass is 32.2. The van der Waals surface area contributed by atoms with Gasteiger partial charge < -0.3 is 9.80 Å². The van der Waals surface area contributed by atoms with Gasteiger partial charge >= 0.3 is 0 Å². The Morgan fingerprint density at radius 3 is 2.22 bits per heavy atom. The molecule has 0 aromatic heterocycles. The van der Waals surface area contributed by atoms with Crippen LogP contribution in [0, 0.1) is 5.92 Å². The standard InChI is InChI=1S/C32H35N3OS/c36-32-30-16-8-7-11-27(30)25-34(32)21-10-9-20-33-22-17-26(18-23-33)31-19-24-37(29-14-5-2-6-15-29)35(31)28-12-3-1-4-13-28/h1-8,11-16,19,24,26H,9-10,17-18,20-23,25H2. The number of rotatable bonds is 8. The molecule has 1 atom stereocenters. The number of allylic oxidation sites excluding steroid dienone is 2. The van der Waals surface area contributed by atoms with Crippen molar-refractivity contribution in [2.24, 2.45) is 5.92 Å². The minimum atomic E-state index is -0.0752. The molecule has 190 valence electrons. The van der Waals surface area contributed by atoms with Crippen LogP contribution in [0.5, 0.6) is 0 Å². The summed E-state index contributed by atoms with van der Waals surface area (Å²) < 4.78 is 2.58. The van der Waals surface area contributed by atoms with Gasteiger partial charge in [0.25, 0.3) is 5.91 Å². The first-order valence-corrected chi connectivity index (χ1v) is 14.8. The van der Waals surface area contributed by atoms with Gasteiger partial charge in [0.05, 0.1) is 5.69 Å². The third-order valence-corrected chi connectivity index (χ3v) is 9.79. The van der Waals surface area contributed by atoms with E-state index in [1.807, 2.05) is 23.1 Å². The molecule has 0 N–H and O–H groups in total. The molecule has 3 heterocycles. The van der Waals surface area contributed by atoms with Crippen LogP contribution in [0.15, 0.2) is 102 Å². The second-order valence-electron chi connectivity index (χ2n) is 10.2. The number of anilines is 1. The lowest BCUT2D eigenvalue weighted by molar-refractivity contribution is 0.0773. The molecule has 1 amide bonds. The zero-order chi connectivity index (χ0) is 25.0. The van der Waals surface area contributed by atoms with E-state index in [1.54, 1.807) is 0 Å². The molecule has 1 saturated heterocycles. The zero-order valence-electron chi connectivity index (χ0n) is 21.3. The second-order valence-corrected chi connectivity index (χ2v) is 11.9. The average molecular weight is 510 g/mol. The van der Waals surface area contributed by atoms with Crippen LogP contribution in [0.25, 0.3) is 0 Å². The van der Waals surface area contributed by atoms with Gasteiger partial charge in [-0.15, -0.1) is 0 Å². The maximum atomic E-state index is 12.6. The van der Waals surface area contributed by atoms with Crippen LogP contribution in [-0.2, 0) is 6.54 Å². The second kappa shape index (κ2) is 11.1. The van der Waals surface area contributed by atoms with Crippen molar-refractivity contribution < 1.29 is 4.79 Å². The topological polar surface area (TPSA) is 26.8 Å². The van der Waals surface area contributed by atoms with Crippen molar-refractivity contribution in [1.29, 1.82) is 0 Å². The molecule has 37 heavy (non-hydrogen) atoms. The Labute approximate surface area is 223 Å². The van der Waals surface area contributed by atoms with Crippen LogP contribution in [0.2, 0.25) is 0 Å². The molecule has 3 aromatic rings. The van der Waals surface area contributed by atoms with Crippen molar-refractivity contribution in [3.05, 3.63) is 108 Å². The minimum Gasteiger partial charge on any atom is -0.334 e. The van der Waals surface area contributed by atoms with Crippen LogP contribution in [-0.4, -0.2) is 47.3 Å². The first-order chi connectivity index (χ1) is 18.3. The molecule has 0 bridgehead atoms. The third-order valence-electron chi connectivity index (χ3n) is 7.83. The molecular formula is C32H35N3OS. The number of para-hydroxylation sites is 1. The highest BCUT2D eigenvalue weighted by Crippen LogP contribution is 2.45. The first kappa shape index (κ1) is 24.2. The summed E-state index contributed by atoms with van der Waals surface area (Å²) in [6, 6.07) is 29.8. The molecule has 3 aromatic carbocycles. The van der Waals surface area contributed by atoms with Crippen molar-refractivity contribution in [3.8, 4) is 0 Å². The number of hydrogen-bond donors (Lipinski definition) is 0. The fraction of sp³-hybridized carbons (Fsp3) is 0.312. The number of hydrogen-bond acceptors (Lipinski definition) is 3. The van der Waals surface area contributed by atoms with E-state index in [2.05, 4.69) is 87.4 Å². The molecule has 4 nitrogen and oxygen atoms in total. The molecule has 0 spiro atoms. The van der Waals surface area contributed by atoms with Crippen LogP contribution < -0.4 is 4.31 Å². The maximum Gasteiger partial charge on any atom is 0.254 e. The summed E-state index contributed by atoms with van der Waals surface area (Å²) >= 11 is 0. The molecular weight excluding hydrogens is 474 g/mol. The number of amides is 1. The molecule has 6 rings (SSSR count). The monoisotopic (exact) mass is 509 g/mol. The Kier molecular flexibility index (Phi) is 7.25. The molecule has 0 aliphatic carbocycles. The number of benzene rings is 3. The van der Waals surface area contributed by atoms with Gasteiger partial charge in [0.2, 0.25) is 0 Å². The van der Waals surface area contributed by atoms with E-state index in [9.17, 15) is 4.79 Å². The summed E-state index contributed by atoms with van der Waals surface area (Å²) in [4.78, 5) is 18.6. The number of carbonyl (C=O) groups is 1. The van der Waals surface area contributed by atoms with Gasteiger partial charge in [-0.25, -0.2) is 0 Å². The molecule has 1 unspecified atom stereocenters. The van der Waals surface area contributed by atoms with E-state index < -0.39 is 0 Å². The van der Waals surface area contributed by atoms with E-state index in [1.165, 1.54) is 34.7 Å². The highest BCUT2D eigenvalue weighted by molar-refractivity contribution is 8.16. The van der Waals surface area contributed by atoms with E-state index in [0.29, 0.717) is 5.92 Å². The van der Waals surface area contributed by atoms with Crippen molar-refractivity contribution in [1.82, 2.24) is 9.80 Å². The Balaban J connectivity index is 1.01. The number of fused-ring (bicyclic) bond motifs is 1. The molecule has 1 fully saturated rings. The normalized spacial score (nSPS) is 20.2. The molecule has 5 heteroatoms. The summed E-state index contributed by atoms with van der Waals surface area (Å²) in [5.41, 5.74) is 4.83. The van der Waals surface area contributed by atoms with E-state index in [4.69, 9.17) is 0 Å². The number of nitrogens with zero attached hydrogens (tertiary/aromatic N) is 3. The Hall–Kier alpha value is -3.15. The first-order valence-electron chi connectivity index (χ1n) is 13.6. The summed E-state index contributed by atoms with van der Waals surface area (Å²) in [7, 11) is -0.0752. The van der Waals surface area contributed by atoms with Crippen LogP contribution in [0.4, 0.5) is 5.69 Å². The van der Waals surface area contributed by atoms with Crippen LogP contribution in [0.3, 0.4) is 0 Å². The fourth-order valence-electron chi connectivity index (χ4n) is 5.83. The largest absolute Gasteiger partial charge is 0.334 e. The Morgan fingerprint density at radius 2 is 1.46 bits per heavy atom. The summed E-state index contributed by atoms with van der Waals surface area (Å²) in [6.07, 6.45) is 7.02. The third kappa shape index (κ3) is 5.16. The van der Waals surface area contributed by atoms with E-state index >= 15 is 0 Å². The Bertz CT molecular complexity index is 1300. The summed E-state index contributed by atoms with van der Waals surface area (Å²) in [5, 5.41) is 2.40. The molecule has 0 saturated carbocycles. The number of unbranched alkanes of at least 4 members (excludes halogenated alkanes) is 1. The van der Waals surface area contributed by atoms with Gasteiger partial charge in [0, 0.05) is 35.2 Å². The van der Waals surface area contributed by atoms with Gasteiger partial charge in [0.15, 0.2) is 0 Å². The lowest BCUT2D eigenvalue weighted by atomic mass is 9.92. The summed E-state index contributed by atoms with van der Waals surface area (Å²) in [5.74, 6) is 0.796. The highest BCUT2D eigenvalue weighted by Gasteiger charge is 2.30. The van der Waals surface area contributed by atoms with E-state index in [0.717, 1.165) is 51.1 Å². The minimum absolute atomic E-state index is 0.0752. The number of likely N-dealkylation sites (tertiary alicyclic amines) is 1. The van der Waals surface area contributed by atoms with E-state index in [-0.39, 0.29) is 16.6 Å². The van der Waals surface area contributed by atoms with Gasteiger partial charge in [-0.3, -0.25) is 9.10 Å². The van der Waals surface area contributed by atoms with Crippen molar-refractivity contribution in [2.45, 2.75) is 37.1 Å². The predicted molar refractivity (Wildman–Crippen MR) is 155 cm³/mol. The summed E-state index contributed by atoms with van der Waals surface area (Å²) in [6.45, 7) is 5.06. The van der Waals surface area contributed by atoms with Gasteiger partial charge in [-0.1, -0.05) is 65.3 Å². The van der Waals surface area contributed by atoms with Crippen molar-refractivity contribution in [3.63, 3.8) is 0 Å². The van der Waals surface area contributed by atoms with Crippen molar-refractivity contribution in [2.75, 3.05) is 30.5 Å². The lowest BCUT2D eigenvalue weighted by Crippen LogP contribution is -2.37. The fourth-order valence-corrected chi connectivity index (χ4v) is 7.81.